The van der Waals surface area contributed by atoms with E-state index in [1.165, 1.54) is 25.7 Å². The lowest BCUT2D eigenvalue weighted by Gasteiger charge is -2.14. The van der Waals surface area contributed by atoms with Crippen molar-refractivity contribution in [1.29, 1.82) is 0 Å². The van der Waals surface area contributed by atoms with Gasteiger partial charge in [0.05, 0.1) is 0 Å². The number of carboxylic acid groups (broad SMARTS) is 1. The Morgan fingerprint density at radius 3 is 2.24 bits per heavy atom. The lowest BCUT2D eigenvalue weighted by Crippen LogP contribution is -2.40. The molecule has 1 unspecified atom stereocenters. The number of nitrogens with one attached hydrogen (secondary N) is 1. The monoisotopic (exact) mass is 301 g/mol. The smallest absolute Gasteiger partial charge is 0.326 e. The van der Waals surface area contributed by atoms with Crippen LogP contribution in [0.1, 0.15) is 71.1 Å². The third-order valence-corrected chi connectivity index (χ3v) is 3.48. The highest BCUT2D eigenvalue weighted by Gasteiger charge is 2.18. The van der Waals surface area contributed by atoms with Gasteiger partial charge in [0.15, 0.2) is 0 Å². The summed E-state index contributed by atoms with van der Waals surface area (Å²) in [5, 5.41) is 11.7. The van der Waals surface area contributed by atoms with Crippen LogP contribution >= 0.6 is 0 Å². The maximum atomic E-state index is 11.7. The molecule has 0 fully saturated rings. The van der Waals surface area contributed by atoms with Crippen LogP contribution < -0.4 is 5.32 Å². The number of methoxy groups -OCH3 is 1. The van der Waals surface area contributed by atoms with E-state index in [0.29, 0.717) is 25.9 Å². The summed E-state index contributed by atoms with van der Waals surface area (Å²) in [6, 6.07) is -0.794. The van der Waals surface area contributed by atoms with Gasteiger partial charge >= 0.3 is 5.97 Å². The molecule has 5 nitrogen and oxygen atoms in total. The molecular weight excluding hydrogens is 270 g/mol. The zero-order valence-corrected chi connectivity index (χ0v) is 13.5. The quantitative estimate of drug-likeness (QED) is 0.483. The second-order valence-corrected chi connectivity index (χ2v) is 5.46. The molecule has 124 valence electrons. The third kappa shape index (κ3) is 12.4. The molecule has 0 aromatic carbocycles. The van der Waals surface area contributed by atoms with E-state index in [1.807, 2.05) is 0 Å². The van der Waals surface area contributed by atoms with Crippen molar-refractivity contribution in [1.82, 2.24) is 5.32 Å². The number of hydrogen-bond donors (Lipinski definition) is 2. The van der Waals surface area contributed by atoms with E-state index < -0.39 is 12.0 Å². The predicted molar refractivity (Wildman–Crippen MR) is 83.3 cm³/mol. The Bertz CT molecular complexity index is 281. The fourth-order valence-corrected chi connectivity index (χ4v) is 2.20. The molecule has 0 aromatic rings. The van der Waals surface area contributed by atoms with Gasteiger partial charge in [0.1, 0.15) is 6.04 Å². The maximum absolute atomic E-state index is 11.7. The van der Waals surface area contributed by atoms with Crippen molar-refractivity contribution in [2.75, 3.05) is 13.7 Å². The lowest BCUT2D eigenvalue weighted by molar-refractivity contribution is -0.142. The van der Waals surface area contributed by atoms with Crippen LogP contribution in [0.3, 0.4) is 0 Å². The summed E-state index contributed by atoms with van der Waals surface area (Å²) in [4.78, 5) is 22.8. The normalized spacial score (nSPS) is 12.1. The molecule has 0 rings (SSSR count). The van der Waals surface area contributed by atoms with Crippen molar-refractivity contribution in [3.05, 3.63) is 0 Å². The first kappa shape index (κ1) is 19.9. The first-order valence-corrected chi connectivity index (χ1v) is 8.13. The molecular formula is C16H31NO4. The minimum absolute atomic E-state index is 0.159. The van der Waals surface area contributed by atoms with Crippen LogP contribution in [0.25, 0.3) is 0 Å². The van der Waals surface area contributed by atoms with Gasteiger partial charge in [0.2, 0.25) is 5.91 Å². The summed E-state index contributed by atoms with van der Waals surface area (Å²) in [5.41, 5.74) is 0. The Labute approximate surface area is 128 Å². The maximum Gasteiger partial charge on any atom is 0.326 e. The molecule has 1 atom stereocenters. The Kier molecular flexibility index (Phi) is 13.1. The second-order valence-electron chi connectivity index (χ2n) is 5.46. The average Bonchev–Trinajstić information content (AvgIpc) is 2.45. The molecule has 0 heterocycles. The van der Waals surface area contributed by atoms with Gasteiger partial charge in [-0.25, -0.2) is 4.79 Å². The van der Waals surface area contributed by atoms with E-state index in [-0.39, 0.29) is 5.91 Å². The number of amides is 1. The zero-order valence-electron chi connectivity index (χ0n) is 13.5. The standard InChI is InChI=1S/C16H31NO4/c1-3-4-5-6-7-8-9-12-15(18)17-14(16(19)20)11-10-13-21-2/h14H,3-13H2,1-2H3,(H,17,18)(H,19,20). The molecule has 2 N–H and O–H groups in total. The van der Waals surface area contributed by atoms with Crippen LogP contribution in [0, 0.1) is 0 Å². The third-order valence-electron chi connectivity index (χ3n) is 3.48. The van der Waals surface area contributed by atoms with Crippen molar-refractivity contribution in [3.63, 3.8) is 0 Å². The molecule has 0 radical (unpaired) electrons. The van der Waals surface area contributed by atoms with Crippen molar-refractivity contribution >= 4 is 11.9 Å². The lowest BCUT2D eigenvalue weighted by atomic mass is 10.1. The minimum Gasteiger partial charge on any atom is -0.480 e. The molecule has 0 saturated heterocycles. The number of carbonyl (C=O) groups excluding carboxylic acids is 1. The van der Waals surface area contributed by atoms with Gasteiger partial charge in [-0.2, -0.15) is 0 Å². The van der Waals surface area contributed by atoms with Gasteiger partial charge in [-0.15, -0.1) is 0 Å². The molecule has 1 amide bonds. The number of aliphatic carboxylic acids is 1. The number of carboxylic acids is 1. The molecule has 0 aromatic heterocycles. The average molecular weight is 301 g/mol. The summed E-state index contributed by atoms with van der Waals surface area (Å²) in [7, 11) is 1.58. The summed E-state index contributed by atoms with van der Waals surface area (Å²) in [5.74, 6) is -1.13. The number of unbranched alkanes of at least 4 members (excludes halogenated alkanes) is 6. The van der Waals surface area contributed by atoms with Gasteiger partial charge in [-0.3, -0.25) is 4.79 Å². The fourth-order valence-electron chi connectivity index (χ4n) is 2.20. The second kappa shape index (κ2) is 13.9. The molecule has 0 saturated carbocycles. The summed E-state index contributed by atoms with van der Waals surface area (Å²) < 4.78 is 4.89. The Morgan fingerprint density at radius 1 is 1.05 bits per heavy atom. The van der Waals surface area contributed by atoms with E-state index in [9.17, 15) is 9.59 Å². The minimum atomic E-state index is -0.973. The number of ether oxygens (including phenoxy) is 1. The van der Waals surface area contributed by atoms with E-state index in [0.717, 1.165) is 19.3 Å². The highest BCUT2D eigenvalue weighted by molar-refractivity contribution is 5.83. The fraction of sp³-hybridized carbons (Fsp3) is 0.875. The van der Waals surface area contributed by atoms with Crippen LogP contribution in [0.15, 0.2) is 0 Å². The van der Waals surface area contributed by atoms with E-state index in [1.54, 1.807) is 7.11 Å². The largest absolute Gasteiger partial charge is 0.480 e. The van der Waals surface area contributed by atoms with Gasteiger partial charge in [0, 0.05) is 20.1 Å². The van der Waals surface area contributed by atoms with Gasteiger partial charge in [-0.05, 0) is 19.3 Å². The van der Waals surface area contributed by atoms with Crippen LogP contribution in [0.2, 0.25) is 0 Å². The molecule has 0 aliphatic rings. The number of rotatable bonds is 14. The SMILES string of the molecule is CCCCCCCCCC(=O)NC(CCCOC)C(=O)O. The number of carbonyl (C=O) groups is 2. The topological polar surface area (TPSA) is 75.6 Å². The van der Waals surface area contributed by atoms with Crippen LogP contribution in [0.4, 0.5) is 0 Å². The molecule has 21 heavy (non-hydrogen) atoms. The molecule has 0 bridgehead atoms. The Morgan fingerprint density at radius 2 is 1.67 bits per heavy atom. The first-order chi connectivity index (χ1) is 10.1. The predicted octanol–water partition coefficient (Wildman–Crippen LogP) is 3.12. The first-order valence-electron chi connectivity index (χ1n) is 8.13. The van der Waals surface area contributed by atoms with Crippen molar-refractivity contribution in [3.8, 4) is 0 Å². The highest BCUT2D eigenvalue weighted by atomic mass is 16.5. The van der Waals surface area contributed by atoms with E-state index in [2.05, 4.69) is 12.2 Å². The van der Waals surface area contributed by atoms with Crippen LogP contribution in [-0.2, 0) is 14.3 Å². The molecule has 5 heteroatoms. The van der Waals surface area contributed by atoms with Crippen molar-refractivity contribution < 1.29 is 19.4 Å². The summed E-state index contributed by atoms with van der Waals surface area (Å²) in [6.07, 6.45) is 9.50. The zero-order chi connectivity index (χ0) is 15.9. The van der Waals surface area contributed by atoms with Gasteiger partial charge in [0.25, 0.3) is 0 Å². The Balaban J connectivity index is 3.70. The number of hydrogen-bond acceptors (Lipinski definition) is 3. The van der Waals surface area contributed by atoms with Crippen molar-refractivity contribution in [2.24, 2.45) is 0 Å². The summed E-state index contributed by atoms with van der Waals surface area (Å²) in [6.45, 7) is 2.70. The van der Waals surface area contributed by atoms with E-state index >= 15 is 0 Å². The molecule has 0 spiro atoms. The van der Waals surface area contributed by atoms with Crippen LogP contribution in [0.5, 0.6) is 0 Å². The Hall–Kier alpha value is -1.10. The molecule has 0 aliphatic carbocycles. The molecule has 0 aliphatic heterocycles. The highest BCUT2D eigenvalue weighted by Crippen LogP contribution is 2.08. The van der Waals surface area contributed by atoms with E-state index in [4.69, 9.17) is 9.84 Å². The summed E-state index contributed by atoms with van der Waals surface area (Å²) >= 11 is 0. The van der Waals surface area contributed by atoms with Gasteiger partial charge in [-0.1, -0.05) is 45.4 Å². The van der Waals surface area contributed by atoms with Crippen molar-refractivity contribution in [2.45, 2.75) is 77.2 Å². The van der Waals surface area contributed by atoms with Crippen LogP contribution in [-0.4, -0.2) is 36.7 Å². The van der Waals surface area contributed by atoms with Gasteiger partial charge < -0.3 is 15.2 Å².